The van der Waals surface area contributed by atoms with Gasteiger partial charge in [-0.3, -0.25) is 19.3 Å². The summed E-state index contributed by atoms with van der Waals surface area (Å²) in [6, 6.07) is 14.2. The third-order valence-corrected chi connectivity index (χ3v) is 6.14. The predicted molar refractivity (Wildman–Crippen MR) is 131 cm³/mol. The normalized spacial score (nSPS) is 14.2. The third-order valence-electron chi connectivity index (χ3n) is 6.14. The number of carbonyl (C=O) groups is 3. The number of anilines is 1. The molecule has 1 atom stereocenters. The van der Waals surface area contributed by atoms with Crippen molar-refractivity contribution >= 4 is 23.4 Å². The lowest BCUT2D eigenvalue weighted by atomic mass is 10.0. The SMILES string of the molecule is COc1ccc([C@@H](C(=O)NC2CCCC2)N(C(=O)CNC(=O)c2ccco2)c2cccc(F)c2)cc1. The van der Waals surface area contributed by atoms with Crippen molar-refractivity contribution in [1.82, 2.24) is 10.6 Å². The number of halogens is 1. The topological polar surface area (TPSA) is 101 Å². The molecule has 2 aromatic carbocycles. The Morgan fingerprint density at radius 1 is 1.08 bits per heavy atom. The maximum absolute atomic E-state index is 14.2. The molecule has 1 fully saturated rings. The van der Waals surface area contributed by atoms with E-state index in [1.165, 1.54) is 42.5 Å². The van der Waals surface area contributed by atoms with E-state index in [1.54, 1.807) is 36.4 Å². The number of hydrogen-bond donors (Lipinski definition) is 2. The van der Waals surface area contributed by atoms with Crippen LogP contribution in [-0.4, -0.2) is 37.4 Å². The fraction of sp³-hybridized carbons (Fsp3) is 0.296. The summed E-state index contributed by atoms with van der Waals surface area (Å²) < 4.78 is 24.6. The molecule has 188 valence electrons. The van der Waals surface area contributed by atoms with E-state index in [-0.39, 0.29) is 23.4 Å². The molecule has 0 aliphatic heterocycles. The van der Waals surface area contributed by atoms with Gasteiger partial charge in [-0.1, -0.05) is 31.0 Å². The number of ether oxygens (including phenoxy) is 1. The smallest absolute Gasteiger partial charge is 0.287 e. The molecule has 1 saturated carbocycles. The minimum absolute atomic E-state index is 0.00126. The van der Waals surface area contributed by atoms with Crippen LogP contribution in [0.25, 0.3) is 0 Å². The van der Waals surface area contributed by atoms with Crippen LogP contribution >= 0.6 is 0 Å². The molecule has 2 N–H and O–H groups in total. The van der Waals surface area contributed by atoms with E-state index in [0.29, 0.717) is 11.3 Å². The van der Waals surface area contributed by atoms with Gasteiger partial charge in [-0.05, 0) is 60.9 Å². The van der Waals surface area contributed by atoms with E-state index in [2.05, 4.69) is 10.6 Å². The summed E-state index contributed by atoms with van der Waals surface area (Å²) in [7, 11) is 1.53. The van der Waals surface area contributed by atoms with E-state index in [9.17, 15) is 18.8 Å². The van der Waals surface area contributed by atoms with E-state index in [1.807, 2.05) is 0 Å². The molecule has 0 radical (unpaired) electrons. The fourth-order valence-electron chi connectivity index (χ4n) is 4.35. The van der Waals surface area contributed by atoms with Gasteiger partial charge in [-0.2, -0.15) is 0 Å². The number of hydrogen-bond acceptors (Lipinski definition) is 5. The molecule has 4 rings (SSSR count). The molecular formula is C27H28FN3O5. The standard InChI is InChI=1S/C27H28FN3O5/c1-35-22-13-11-18(12-14-22)25(27(34)30-20-7-2-3-8-20)31(21-9-4-6-19(28)16-21)24(32)17-29-26(33)23-10-5-15-36-23/h4-6,9-16,20,25H,2-3,7-8,17H2,1H3,(H,29,33)(H,30,34)/t25-/m0/s1. The van der Waals surface area contributed by atoms with E-state index in [0.717, 1.165) is 25.7 Å². The number of methoxy groups -OCH3 is 1. The van der Waals surface area contributed by atoms with Crippen molar-refractivity contribution in [3.05, 3.63) is 84.1 Å². The second-order valence-corrected chi connectivity index (χ2v) is 8.57. The van der Waals surface area contributed by atoms with Crippen LogP contribution in [0.4, 0.5) is 10.1 Å². The molecule has 0 bridgehead atoms. The lowest BCUT2D eigenvalue weighted by Gasteiger charge is -2.32. The first-order chi connectivity index (χ1) is 17.5. The molecule has 0 unspecified atom stereocenters. The van der Waals surface area contributed by atoms with E-state index >= 15 is 0 Å². The summed E-state index contributed by atoms with van der Waals surface area (Å²) in [5.41, 5.74) is 0.705. The minimum Gasteiger partial charge on any atom is -0.497 e. The second kappa shape index (κ2) is 11.5. The van der Waals surface area contributed by atoms with Gasteiger partial charge >= 0.3 is 0 Å². The minimum atomic E-state index is -1.11. The van der Waals surface area contributed by atoms with Gasteiger partial charge in [-0.25, -0.2) is 4.39 Å². The number of furan rings is 1. The van der Waals surface area contributed by atoms with Crippen LogP contribution in [0.1, 0.15) is 47.8 Å². The molecule has 3 amide bonds. The zero-order valence-corrected chi connectivity index (χ0v) is 19.9. The molecule has 1 aromatic heterocycles. The summed E-state index contributed by atoms with van der Waals surface area (Å²) in [5, 5.41) is 5.57. The molecule has 1 heterocycles. The summed E-state index contributed by atoms with van der Waals surface area (Å²) in [6.45, 7) is -0.431. The van der Waals surface area contributed by atoms with Crippen molar-refractivity contribution in [1.29, 1.82) is 0 Å². The van der Waals surface area contributed by atoms with Crippen LogP contribution < -0.4 is 20.3 Å². The highest BCUT2D eigenvalue weighted by molar-refractivity contribution is 6.04. The van der Waals surface area contributed by atoms with Gasteiger partial charge in [0, 0.05) is 11.7 Å². The first-order valence-corrected chi connectivity index (χ1v) is 11.8. The van der Waals surface area contributed by atoms with Gasteiger partial charge in [0.25, 0.3) is 5.91 Å². The van der Waals surface area contributed by atoms with Crippen LogP contribution in [0.15, 0.2) is 71.3 Å². The molecule has 1 aliphatic carbocycles. The van der Waals surface area contributed by atoms with Crippen molar-refractivity contribution in [2.45, 2.75) is 37.8 Å². The summed E-state index contributed by atoms with van der Waals surface area (Å²) in [5.74, 6) is -1.49. The first-order valence-electron chi connectivity index (χ1n) is 11.8. The van der Waals surface area contributed by atoms with Gasteiger partial charge < -0.3 is 19.8 Å². The highest BCUT2D eigenvalue weighted by atomic mass is 19.1. The van der Waals surface area contributed by atoms with E-state index in [4.69, 9.17) is 9.15 Å². The van der Waals surface area contributed by atoms with Gasteiger partial charge in [0.15, 0.2) is 5.76 Å². The molecule has 9 heteroatoms. The lowest BCUT2D eigenvalue weighted by molar-refractivity contribution is -0.126. The van der Waals surface area contributed by atoms with Crippen LogP contribution in [0.3, 0.4) is 0 Å². The molecule has 0 saturated heterocycles. The molecular weight excluding hydrogens is 465 g/mol. The van der Waals surface area contributed by atoms with E-state index < -0.39 is 30.2 Å². The quantitative estimate of drug-likeness (QED) is 0.470. The number of amides is 3. The Labute approximate surface area is 208 Å². The number of carbonyl (C=O) groups excluding carboxylic acids is 3. The van der Waals surface area contributed by atoms with Crippen LogP contribution in [-0.2, 0) is 9.59 Å². The Kier molecular flexibility index (Phi) is 7.99. The monoisotopic (exact) mass is 493 g/mol. The van der Waals surface area contributed by atoms with Gasteiger partial charge in [0.1, 0.15) is 17.6 Å². The molecule has 3 aromatic rings. The predicted octanol–water partition coefficient (Wildman–Crippen LogP) is 3.99. The average Bonchev–Trinajstić information content (AvgIpc) is 3.60. The van der Waals surface area contributed by atoms with Crippen LogP contribution in [0, 0.1) is 5.82 Å². The lowest BCUT2D eigenvalue weighted by Crippen LogP contribution is -2.49. The highest BCUT2D eigenvalue weighted by Gasteiger charge is 2.34. The number of benzene rings is 2. The second-order valence-electron chi connectivity index (χ2n) is 8.57. The van der Waals surface area contributed by atoms with Gasteiger partial charge in [-0.15, -0.1) is 0 Å². The summed E-state index contributed by atoms with van der Waals surface area (Å²) in [6.07, 6.45) is 5.10. The largest absolute Gasteiger partial charge is 0.497 e. The Balaban J connectivity index is 1.69. The van der Waals surface area contributed by atoms with Crippen molar-refractivity contribution in [2.75, 3.05) is 18.6 Å². The first kappa shape index (κ1) is 25.0. The third kappa shape index (κ3) is 5.91. The maximum Gasteiger partial charge on any atom is 0.287 e. The van der Waals surface area contributed by atoms with Gasteiger partial charge in [0.2, 0.25) is 11.8 Å². The molecule has 36 heavy (non-hydrogen) atoms. The Bertz CT molecular complexity index is 1190. The zero-order chi connectivity index (χ0) is 25.5. The summed E-state index contributed by atoms with van der Waals surface area (Å²) >= 11 is 0. The Hall–Kier alpha value is -4.14. The zero-order valence-electron chi connectivity index (χ0n) is 19.9. The Morgan fingerprint density at radius 2 is 1.83 bits per heavy atom. The van der Waals surface area contributed by atoms with Crippen molar-refractivity contribution in [3.8, 4) is 5.75 Å². The van der Waals surface area contributed by atoms with Crippen molar-refractivity contribution < 1.29 is 27.9 Å². The van der Waals surface area contributed by atoms with Crippen LogP contribution in [0.2, 0.25) is 0 Å². The van der Waals surface area contributed by atoms with Gasteiger partial charge in [0.05, 0.1) is 19.9 Å². The van der Waals surface area contributed by atoms with Crippen molar-refractivity contribution in [2.24, 2.45) is 0 Å². The van der Waals surface area contributed by atoms with Crippen molar-refractivity contribution in [3.63, 3.8) is 0 Å². The highest BCUT2D eigenvalue weighted by Crippen LogP contribution is 2.30. The van der Waals surface area contributed by atoms with Crippen LogP contribution in [0.5, 0.6) is 5.75 Å². The number of rotatable bonds is 9. The molecule has 0 spiro atoms. The molecule has 1 aliphatic rings. The maximum atomic E-state index is 14.2. The number of nitrogens with zero attached hydrogens (tertiary/aromatic N) is 1. The number of nitrogens with one attached hydrogen (secondary N) is 2. The molecule has 8 nitrogen and oxygen atoms in total. The fourth-order valence-corrected chi connectivity index (χ4v) is 4.35. The average molecular weight is 494 g/mol. The summed E-state index contributed by atoms with van der Waals surface area (Å²) in [4.78, 5) is 40.8. The Morgan fingerprint density at radius 3 is 2.47 bits per heavy atom.